The van der Waals surface area contributed by atoms with Gasteiger partial charge < -0.3 is 9.84 Å². The van der Waals surface area contributed by atoms with Gasteiger partial charge in [0.1, 0.15) is 11.5 Å². The Morgan fingerprint density at radius 2 is 1.95 bits per heavy atom. The summed E-state index contributed by atoms with van der Waals surface area (Å²) in [5.41, 5.74) is 1.21. The lowest BCUT2D eigenvalue weighted by Gasteiger charge is -2.11. The van der Waals surface area contributed by atoms with Crippen LogP contribution in [-0.2, 0) is 6.42 Å². The quantitative estimate of drug-likeness (QED) is 0.901. The molecule has 0 amide bonds. The number of carboxylic acid groups (broad SMARTS) is 1. The van der Waals surface area contributed by atoms with Gasteiger partial charge in [0.25, 0.3) is 0 Å². The number of carbonyl (C=O) groups is 1. The summed E-state index contributed by atoms with van der Waals surface area (Å²) in [5, 5.41) is 9.16. The Kier molecular flexibility index (Phi) is 4.07. The fraction of sp³-hybridized carbons (Fsp3) is 0.133. The molecule has 0 heterocycles. The second-order valence-corrected chi connectivity index (χ2v) is 4.42. The van der Waals surface area contributed by atoms with Crippen LogP contribution in [0.4, 0.5) is 0 Å². The molecule has 0 spiro atoms. The Hall–Kier alpha value is -2.00. The Balaban J connectivity index is 2.31. The molecule has 0 saturated carbocycles. The monoisotopic (exact) mass is 276 g/mol. The summed E-state index contributed by atoms with van der Waals surface area (Å²) < 4.78 is 5.74. The molecule has 0 aliphatic rings. The van der Waals surface area contributed by atoms with Gasteiger partial charge in [-0.3, -0.25) is 0 Å². The number of carboxylic acids is 1. The van der Waals surface area contributed by atoms with E-state index >= 15 is 0 Å². The summed E-state index contributed by atoms with van der Waals surface area (Å²) in [7, 11) is 0. The van der Waals surface area contributed by atoms with Crippen LogP contribution >= 0.6 is 11.6 Å². The van der Waals surface area contributed by atoms with E-state index in [1.807, 2.05) is 31.2 Å². The minimum Gasteiger partial charge on any atom is -0.478 e. The highest BCUT2D eigenvalue weighted by Gasteiger charge is 2.10. The number of aryl methyl sites for hydroxylation is 1. The van der Waals surface area contributed by atoms with Crippen molar-refractivity contribution in [1.29, 1.82) is 0 Å². The van der Waals surface area contributed by atoms with E-state index in [0.29, 0.717) is 5.75 Å². The SMILES string of the molecule is CCc1ccccc1Oc1ccc(C(=O)O)cc1Cl. The van der Waals surface area contributed by atoms with Gasteiger partial charge in [-0.25, -0.2) is 4.79 Å². The number of ether oxygens (including phenoxy) is 1. The number of aromatic carboxylic acids is 1. The fourth-order valence-electron chi connectivity index (χ4n) is 1.73. The van der Waals surface area contributed by atoms with Gasteiger partial charge in [-0.1, -0.05) is 36.7 Å². The van der Waals surface area contributed by atoms with Crippen molar-refractivity contribution in [2.24, 2.45) is 0 Å². The largest absolute Gasteiger partial charge is 0.478 e. The molecule has 2 rings (SSSR count). The van der Waals surface area contributed by atoms with Crippen molar-refractivity contribution in [3.05, 3.63) is 58.6 Å². The van der Waals surface area contributed by atoms with E-state index in [9.17, 15) is 4.79 Å². The molecule has 0 atom stereocenters. The molecule has 0 aromatic heterocycles. The lowest BCUT2D eigenvalue weighted by atomic mass is 10.1. The van der Waals surface area contributed by atoms with Crippen molar-refractivity contribution in [3.8, 4) is 11.5 Å². The zero-order chi connectivity index (χ0) is 13.8. The van der Waals surface area contributed by atoms with Crippen LogP contribution in [0.15, 0.2) is 42.5 Å². The smallest absolute Gasteiger partial charge is 0.335 e. The van der Waals surface area contributed by atoms with E-state index in [1.54, 1.807) is 6.07 Å². The van der Waals surface area contributed by atoms with Crippen LogP contribution in [0.3, 0.4) is 0 Å². The average Bonchev–Trinajstić information content (AvgIpc) is 2.41. The topological polar surface area (TPSA) is 46.5 Å². The van der Waals surface area contributed by atoms with E-state index in [0.717, 1.165) is 17.7 Å². The van der Waals surface area contributed by atoms with Gasteiger partial charge in [0.05, 0.1) is 10.6 Å². The fourth-order valence-corrected chi connectivity index (χ4v) is 1.95. The first-order valence-electron chi connectivity index (χ1n) is 5.90. The predicted molar refractivity (Wildman–Crippen MR) is 74.3 cm³/mol. The minimum atomic E-state index is -1.01. The summed E-state index contributed by atoms with van der Waals surface area (Å²) in [5.74, 6) is 0.171. The van der Waals surface area contributed by atoms with E-state index in [1.165, 1.54) is 12.1 Å². The average molecular weight is 277 g/mol. The van der Waals surface area contributed by atoms with Crippen molar-refractivity contribution in [2.75, 3.05) is 0 Å². The van der Waals surface area contributed by atoms with Crippen LogP contribution in [0.2, 0.25) is 5.02 Å². The van der Waals surface area contributed by atoms with E-state index in [4.69, 9.17) is 21.4 Å². The Labute approximate surface area is 116 Å². The summed E-state index contributed by atoms with van der Waals surface area (Å²) >= 11 is 6.03. The molecule has 0 saturated heterocycles. The highest BCUT2D eigenvalue weighted by Crippen LogP contribution is 2.32. The predicted octanol–water partition coefficient (Wildman–Crippen LogP) is 4.39. The van der Waals surface area contributed by atoms with Crippen molar-refractivity contribution < 1.29 is 14.6 Å². The molecule has 0 aliphatic carbocycles. The normalized spacial score (nSPS) is 10.2. The first kappa shape index (κ1) is 13.4. The van der Waals surface area contributed by atoms with E-state index in [-0.39, 0.29) is 10.6 Å². The molecule has 0 unspecified atom stereocenters. The molecule has 98 valence electrons. The summed E-state index contributed by atoms with van der Waals surface area (Å²) in [6.45, 7) is 2.04. The molecule has 0 bridgehead atoms. The first-order valence-corrected chi connectivity index (χ1v) is 6.28. The molecule has 0 radical (unpaired) electrons. The third-order valence-electron chi connectivity index (χ3n) is 2.75. The third-order valence-corrected chi connectivity index (χ3v) is 3.05. The maximum atomic E-state index is 10.8. The Morgan fingerprint density at radius 1 is 1.21 bits per heavy atom. The number of hydrogen-bond donors (Lipinski definition) is 1. The van der Waals surface area contributed by atoms with Gasteiger partial charge in [0, 0.05) is 0 Å². The number of benzene rings is 2. The second kappa shape index (κ2) is 5.76. The molecular weight excluding hydrogens is 264 g/mol. The van der Waals surface area contributed by atoms with Crippen molar-refractivity contribution >= 4 is 17.6 Å². The Bertz CT molecular complexity index is 608. The molecule has 3 nitrogen and oxygen atoms in total. The van der Waals surface area contributed by atoms with Crippen molar-refractivity contribution in [1.82, 2.24) is 0 Å². The maximum absolute atomic E-state index is 10.8. The van der Waals surface area contributed by atoms with E-state index in [2.05, 4.69) is 0 Å². The summed E-state index contributed by atoms with van der Waals surface area (Å²) in [6.07, 6.45) is 0.848. The van der Waals surface area contributed by atoms with Crippen molar-refractivity contribution in [3.63, 3.8) is 0 Å². The van der Waals surface area contributed by atoms with Crippen LogP contribution in [0.1, 0.15) is 22.8 Å². The van der Waals surface area contributed by atoms with Gasteiger partial charge in [-0.15, -0.1) is 0 Å². The molecule has 2 aromatic rings. The molecular formula is C15H13ClO3. The van der Waals surface area contributed by atoms with Gasteiger partial charge in [-0.05, 0) is 36.2 Å². The van der Waals surface area contributed by atoms with Crippen molar-refractivity contribution in [2.45, 2.75) is 13.3 Å². The number of para-hydroxylation sites is 1. The molecule has 2 aromatic carbocycles. The lowest BCUT2D eigenvalue weighted by molar-refractivity contribution is 0.0697. The van der Waals surface area contributed by atoms with Crippen LogP contribution in [0, 0.1) is 0 Å². The van der Waals surface area contributed by atoms with E-state index < -0.39 is 5.97 Å². The zero-order valence-corrected chi connectivity index (χ0v) is 11.1. The van der Waals surface area contributed by atoms with Gasteiger partial charge in [-0.2, -0.15) is 0 Å². The number of hydrogen-bond acceptors (Lipinski definition) is 2. The lowest BCUT2D eigenvalue weighted by Crippen LogP contribution is -1.97. The second-order valence-electron chi connectivity index (χ2n) is 4.01. The maximum Gasteiger partial charge on any atom is 0.335 e. The number of halogens is 1. The van der Waals surface area contributed by atoms with Gasteiger partial charge in [0.2, 0.25) is 0 Å². The standard InChI is InChI=1S/C15H13ClO3/c1-2-10-5-3-4-6-13(10)19-14-8-7-11(15(17)18)9-12(14)16/h3-9H,2H2,1H3,(H,17,18). The molecule has 0 aliphatic heterocycles. The minimum absolute atomic E-state index is 0.140. The first-order chi connectivity index (χ1) is 9.11. The molecule has 4 heteroatoms. The highest BCUT2D eigenvalue weighted by molar-refractivity contribution is 6.32. The molecule has 19 heavy (non-hydrogen) atoms. The molecule has 1 N–H and O–H groups in total. The summed E-state index contributed by atoms with van der Waals surface area (Å²) in [6, 6.07) is 12.1. The van der Waals surface area contributed by atoms with Crippen LogP contribution in [0.25, 0.3) is 0 Å². The highest BCUT2D eigenvalue weighted by atomic mass is 35.5. The zero-order valence-electron chi connectivity index (χ0n) is 10.4. The van der Waals surface area contributed by atoms with Gasteiger partial charge in [0.15, 0.2) is 0 Å². The number of rotatable bonds is 4. The van der Waals surface area contributed by atoms with Crippen LogP contribution in [-0.4, -0.2) is 11.1 Å². The third kappa shape index (κ3) is 3.06. The van der Waals surface area contributed by atoms with Gasteiger partial charge >= 0.3 is 5.97 Å². The molecule has 0 fully saturated rings. The van der Waals surface area contributed by atoms with Crippen LogP contribution < -0.4 is 4.74 Å². The Morgan fingerprint density at radius 3 is 2.58 bits per heavy atom. The van der Waals surface area contributed by atoms with Crippen LogP contribution in [0.5, 0.6) is 11.5 Å². The summed E-state index contributed by atoms with van der Waals surface area (Å²) in [4.78, 5) is 10.8.